The molecule has 0 aromatic rings. The summed E-state index contributed by atoms with van der Waals surface area (Å²) in [5, 5.41) is 19.5. The van der Waals surface area contributed by atoms with Gasteiger partial charge in [-0.2, -0.15) is 0 Å². The summed E-state index contributed by atoms with van der Waals surface area (Å²) < 4.78 is 8.56. The van der Waals surface area contributed by atoms with E-state index in [2.05, 4.69) is 0 Å². The largest absolute Gasteiger partial charge is 1.00 e. The molecule has 1 aliphatic heterocycles. The number of esters is 2. The fourth-order valence-electron chi connectivity index (χ4n) is 1.85. The molecule has 0 bridgehead atoms. The van der Waals surface area contributed by atoms with Crippen LogP contribution in [0.3, 0.4) is 0 Å². The molecule has 1 heterocycles. The number of aliphatic carboxylic acids is 2. The third-order valence-electron chi connectivity index (χ3n) is 2.47. The van der Waals surface area contributed by atoms with Gasteiger partial charge in [-0.05, 0) is 0 Å². The van der Waals surface area contributed by atoms with Crippen LogP contribution in [0.15, 0.2) is 0 Å². The van der Waals surface area contributed by atoms with Crippen molar-refractivity contribution in [1.82, 2.24) is 6.15 Å². The number of quaternary nitrogens is 1. The van der Waals surface area contributed by atoms with Crippen molar-refractivity contribution in [2.45, 2.75) is 0 Å². The topological polar surface area (TPSA) is 228 Å². The Balaban J connectivity index is -0.000000103. The maximum atomic E-state index is 11.5. The zero-order chi connectivity index (χ0) is 14.5. The Labute approximate surface area is 184 Å². The Morgan fingerprint density at radius 3 is 1.71 bits per heavy atom. The molecular formula is C10H22N2Na2O10. The van der Waals surface area contributed by atoms with Crippen molar-refractivity contribution in [2.75, 3.05) is 39.4 Å². The normalized spacial score (nSPS) is 15.3. The number of carbonyl (C=O) groups is 4. The van der Waals surface area contributed by atoms with Crippen LogP contribution in [0.5, 0.6) is 0 Å². The van der Waals surface area contributed by atoms with Gasteiger partial charge in [-0.3, -0.25) is 4.48 Å². The maximum Gasteiger partial charge on any atom is 1.00 e. The van der Waals surface area contributed by atoms with Crippen molar-refractivity contribution >= 4 is 23.9 Å². The Morgan fingerprint density at radius 2 is 1.42 bits per heavy atom. The molecule has 0 amide bonds. The average molecular weight is 376 g/mol. The molecule has 0 spiro atoms. The van der Waals surface area contributed by atoms with Crippen LogP contribution >= 0.6 is 0 Å². The van der Waals surface area contributed by atoms with Gasteiger partial charge in [-0.1, -0.05) is 0 Å². The Bertz CT molecular complexity index is 393. The second kappa shape index (κ2) is 16.2. The summed E-state index contributed by atoms with van der Waals surface area (Å²) in [7, 11) is 0. The molecule has 14 heteroatoms. The van der Waals surface area contributed by atoms with Gasteiger partial charge in [0.25, 0.3) is 0 Å². The van der Waals surface area contributed by atoms with Gasteiger partial charge in [0.2, 0.25) is 0 Å². The molecule has 0 aromatic carbocycles. The van der Waals surface area contributed by atoms with Crippen molar-refractivity contribution in [1.29, 1.82) is 0 Å². The molecule has 0 unspecified atom stereocenters. The van der Waals surface area contributed by atoms with E-state index in [1.54, 1.807) is 0 Å². The number of carboxylic acids is 2. The van der Waals surface area contributed by atoms with E-state index < -0.39 is 54.5 Å². The third kappa shape index (κ3) is 13.1. The summed E-state index contributed by atoms with van der Waals surface area (Å²) in [4.78, 5) is 44.5. The van der Waals surface area contributed by atoms with Crippen LogP contribution < -0.4 is 70.4 Å². The molecule has 0 aromatic heterocycles. The summed E-state index contributed by atoms with van der Waals surface area (Å²) in [6.45, 7) is -2.91. The Morgan fingerprint density at radius 1 is 1.04 bits per heavy atom. The summed E-state index contributed by atoms with van der Waals surface area (Å²) in [6, 6.07) is 0. The monoisotopic (exact) mass is 376 g/mol. The van der Waals surface area contributed by atoms with Crippen LogP contribution in [0.1, 0.15) is 2.85 Å². The van der Waals surface area contributed by atoms with Crippen molar-refractivity contribution in [3.05, 3.63) is 0 Å². The molecule has 0 atom stereocenters. The zero-order valence-electron chi connectivity index (χ0n) is 15.7. The summed E-state index contributed by atoms with van der Waals surface area (Å²) >= 11 is 0. The van der Waals surface area contributed by atoms with Gasteiger partial charge in [0, 0.05) is 0 Å². The van der Waals surface area contributed by atoms with Crippen LogP contribution in [-0.4, -0.2) is 83.8 Å². The molecule has 24 heavy (non-hydrogen) atoms. The molecule has 12 nitrogen and oxygen atoms in total. The minimum atomic E-state index is -1.57. The van der Waals surface area contributed by atoms with E-state index in [0.717, 1.165) is 0 Å². The minimum absolute atomic E-state index is 0. The molecule has 1 saturated heterocycles. The fourth-order valence-corrected chi connectivity index (χ4v) is 1.85. The molecule has 134 valence electrons. The molecule has 1 fully saturated rings. The Kier molecular flexibility index (Phi) is 23.6. The SMILES string of the molecule is N.O.O.O=C([O-])C[N+]1(CC(=O)O)CC(=O)OCCOC(=O)C1.[H-].[H-].[Na+].[Na+]. The number of carboxylic acid groups (broad SMARTS) is 2. The molecule has 8 N–H and O–H groups in total. The van der Waals surface area contributed by atoms with Gasteiger partial charge in [0.15, 0.2) is 19.6 Å². The van der Waals surface area contributed by atoms with Crippen LogP contribution in [-0.2, 0) is 28.7 Å². The van der Waals surface area contributed by atoms with E-state index in [1.807, 2.05) is 0 Å². The van der Waals surface area contributed by atoms with Gasteiger partial charge >= 0.3 is 77.0 Å². The first kappa shape index (κ1) is 34.9. The van der Waals surface area contributed by atoms with Gasteiger partial charge in [0.1, 0.15) is 19.8 Å². The molecule has 1 aliphatic rings. The minimum Gasteiger partial charge on any atom is -1.00 e. The van der Waals surface area contributed by atoms with Crippen LogP contribution in [0, 0.1) is 0 Å². The van der Waals surface area contributed by atoms with E-state index in [0.29, 0.717) is 0 Å². The first-order valence-electron chi connectivity index (χ1n) is 5.41. The van der Waals surface area contributed by atoms with Crippen molar-refractivity contribution < 1.29 is 116 Å². The number of hydrogen-bond acceptors (Lipinski definition) is 8. The van der Waals surface area contributed by atoms with Gasteiger partial charge in [-0.15, -0.1) is 0 Å². The van der Waals surface area contributed by atoms with Crippen molar-refractivity contribution in [3.8, 4) is 0 Å². The van der Waals surface area contributed by atoms with E-state index >= 15 is 0 Å². The van der Waals surface area contributed by atoms with Gasteiger partial charge < -0.3 is 44.4 Å². The number of nitrogens with zero attached hydrogens (tertiary/aromatic N) is 1. The van der Waals surface area contributed by atoms with Crippen LogP contribution in [0.25, 0.3) is 0 Å². The second-order valence-electron chi connectivity index (χ2n) is 4.18. The summed E-state index contributed by atoms with van der Waals surface area (Å²) in [5.74, 6) is -4.50. The number of ether oxygens (including phenoxy) is 2. The maximum absolute atomic E-state index is 11.5. The van der Waals surface area contributed by atoms with E-state index in [9.17, 15) is 24.3 Å². The first-order chi connectivity index (χ1) is 8.83. The molecular weight excluding hydrogens is 354 g/mol. The van der Waals surface area contributed by atoms with Gasteiger partial charge in [0.05, 0.1) is 5.97 Å². The average Bonchev–Trinajstić information content (AvgIpc) is 2.26. The molecule has 1 rings (SSSR count). The molecule has 0 saturated carbocycles. The van der Waals surface area contributed by atoms with E-state index in [1.165, 1.54) is 0 Å². The predicted molar refractivity (Wildman–Crippen MR) is 68.8 cm³/mol. The number of rotatable bonds is 4. The standard InChI is InChI=1S/C10H13NO8.H3N.2Na.2H2O.2H/c12-7(13)3-11(4-8(14)15)5-9(16)18-1-2-19-10(17)6-11;;;;;;;/h1-6H2,(H-,12,13,14,15);1H3;;;2*1H2;;/q;;2*+1;;;2*-1. The summed E-state index contributed by atoms with van der Waals surface area (Å²) in [5.41, 5.74) is 0. The Hall–Kier alpha value is -0.280. The smallest absolute Gasteiger partial charge is 1.00 e. The second-order valence-corrected chi connectivity index (χ2v) is 4.18. The molecule has 0 radical (unpaired) electrons. The number of hydrogen-bond donors (Lipinski definition) is 2. The van der Waals surface area contributed by atoms with E-state index in [-0.39, 0.29) is 92.3 Å². The zero-order valence-corrected chi connectivity index (χ0v) is 17.7. The molecule has 0 aliphatic carbocycles. The third-order valence-corrected chi connectivity index (χ3v) is 2.47. The fraction of sp³-hybridized carbons (Fsp3) is 0.600. The van der Waals surface area contributed by atoms with Crippen LogP contribution in [0.4, 0.5) is 0 Å². The number of carbonyl (C=O) groups excluding carboxylic acids is 3. The number of cyclic esters (lactones) is 2. The van der Waals surface area contributed by atoms with Crippen molar-refractivity contribution in [3.63, 3.8) is 0 Å². The quantitative estimate of drug-likeness (QED) is 0.269. The van der Waals surface area contributed by atoms with Gasteiger partial charge in [-0.25, -0.2) is 14.4 Å². The van der Waals surface area contributed by atoms with Crippen molar-refractivity contribution in [2.24, 2.45) is 0 Å². The van der Waals surface area contributed by atoms with Crippen LogP contribution in [0.2, 0.25) is 0 Å². The summed E-state index contributed by atoms with van der Waals surface area (Å²) in [6.07, 6.45) is 0. The first-order valence-corrected chi connectivity index (χ1v) is 5.41. The predicted octanol–water partition coefficient (Wildman–Crippen LogP) is -10.5. The van der Waals surface area contributed by atoms with E-state index in [4.69, 9.17) is 14.6 Å².